The fourth-order valence-corrected chi connectivity index (χ4v) is 2.37. The number of carbonyl (C=O) groups is 2. The molecule has 1 aliphatic rings. The minimum Gasteiger partial charge on any atom is -0.398 e. The molecule has 0 radical (unpaired) electrons. The van der Waals surface area contributed by atoms with Crippen LogP contribution < -0.4 is 16.4 Å². The summed E-state index contributed by atoms with van der Waals surface area (Å²) >= 11 is 0. The monoisotopic (exact) mass is 261 g/mol. The van der Waals surface area contributed by atoms with E-state index in [2.05, 4.69) is 10.6 Å². The molecule has 0 heterocycles. The molecule has 5 heteroatoms. The molecule has 102 valence electrons. The largest absolute Gasteiger partial charge is 0.398 e. The summed E-state index contributed by atoms with van der Waals surface area (Å²) < 4.78 is 0. The Kier molecular flexibility index (Phi) is 4.04. The Balaban J connectivity index is 2.17. The lowest BCUT2D eigenvalue weighted by Crippen LogP contribution is -2.33. The van der Waals surface area contributed by atoms with Crippen molar-refractivity contribution >= 4 is 17.5 Å². The fraction of sp³-hybridized carbons (Fsp3) is 0.429. The van der Waals surface area contributed by atoms with E-state index in [0.29, 0.717) is 16.8 Å². The Labute approximate surface area is 112 Å². The maximum absolute atomic E-state index is 12.2. The highest BCUT2D eigenvalue weighted by Gasteiger charge is 2.20. The molecule has 1 aliphatic carbocycles. The predicted octanol–water partition coefficient (Wildman–Crippen LogP) is 1.30. The summed E-state index contributed by atoms with van der Waals surface area (Å²) in [4.78, 5) is 23.7. The van der Waals surface area contributed by atoms with Crippen LogP contribution in [0.4, 0.5) is 5.69 Å². The number of carbonyl (C=O) groups excluding carboxylic acids is 2. The van der Waals surface area contributed by atoms with E-state index in [1.165, 1.54) is 0 Å². The van der Waals surface area contributed by atoms with Crippen LogP contribution in [0.3, 0.4) is 0 Å². The molecule has 2 rings (SSSR count). The van der Waals surface area contributed by atoms with Crippen LogP contribution in [0.5, 0.6) is 0 Å². The van der Waals surface area contributed by atoms with Gasteiger partial charge in [0.05, 0.1) is 5.56 Å². The van der Waals surface area contributed by atoms with Gasteiger partial charge in [-0.2, -0.15) is 0 Å². The third-order valence-electron chi connectivity index (χ3n) is 3.48. The quantitative estimate of drug-likeness (QED) is 0.717. The lowest BCUT2D eigenvalue weighted by atomic mass is 10.1. The fourth-order valence-electron chi connectivity index (χ4n) is 2.37. The first-order chi connectivity index (χ1) is 9.11. The topological polar surface area (TPSA) is 84.2 Å². The van der Waals surface area contributed by atoms with Crippen LogP contribution in [0.25, 0.3) is 0 Å². The van der Waals surface area contributed by atoms with E-state index in [4.69, 9.17) is 5.73 Å². The van der Waals surface area contributed by atoms with Crippen LogP contribution in [-0.4, -0.2) is 24.9 Å². The van der Waals surface area contributed by atoms with Crippen molar-refractivity contribution in [2.45, 2.75) is 31.7 Å². The van der Waals surface area contributed by atoms with Gasteiger partial charge in [0, 0.05) is 24.3 Å². The predicted molar refractivity (Wildman–Crippen MR) is 74.0 cm³/mol. The van der Waals surface area contributed by atoms with Gasteiger partial charge in [-0.3, -0.25) is 9.59 Å². The Hall–Kier alpha value is -2.04. The minimum atomic E-state index is -0.227. The maximum Gasteiger partial charge on any atom is 0.253 e. The first-order valence-corrected chi connectivity index (χ1v) is 6.54. The van der Waals surface area contributed by atoms with E-state index in [0.717, 1.165) is 25.7 Å². The minimum absolute atomic E-state index is 0.199. The molecule has 1 saturated carbocycles. The first-order valence-electron chi connectivity index (χ1n) is 6.54. The first kappa shape index (κ1) is 13.4. The molecule has 0 atom stereocenters. The van der Waals surface area contributed by atoms with Gasteiger partial charge in [-0.1, -0.05) is 12.8 Å². The Morgan fingerprint density at radius 3 is 2.53 bits per heavy atom. The van der Waals surface area contributed by atoms with Gasteiger partial charge in [0.25, 0.3) is 11.8 Å². The van der Waals surface area contributed by atoms with Crippen molar-refractivity contribution in [1.29, 1.82) is 0 Å². The van der Waals surface area contributed by atoms with E-state index in [-0.39, 0.29) is 17.9 Å². The molecule has 0 saturated heterocycles. The molecule has 1 aromatic carbocycles. The van der Waals surface area contributed by atoms with Crippen LogP contribution in [0.15, 0.2) is 18.2 Å². The normalized spacial score (nSPS) is 15.2. The Bertz CT molecular complexity index is 493. The zero-order chi connectivity index (χ0) is 13.8. The van der Waals surface area contributed by atoms with Crippen molar-refractivity contribution in [3.63, 3.8) is 0 Å². The molecule has 2 amide bonds. The SMILES string of the molecule is CNC(=O)c1ccc(N)c(C(=O)NC2CCCC2)c1. The van der Waals surface area contributed by atoms with Crippen LogP contribution in [-0.2, 0) is 0 Å². The number of hydrogen-bond acceptors (Lipinski definition) is 3. The Morgan fingerprint density at radius 1 is 1.21 bits per heavy atom. The third-order valence-corrected chi connectivity index (χ3v) is 3.48. The highest BCUT2D eigenvalue weighted by molar-refractivity contribution is 6.03. The number of nitrogen functional groups attached to an aromatic ring is 1. The number of hydrogen-bond donors (Lipinski definition) is 3. The van der Waals surface area contributed by atoms with Gasteiger partial charge < -0.3 is 16.4 Å². The second-order valence-corrected chi connectivity index (χ2v) is 4.84. The van der Waals surface area contributed by atoms with Gasteiger partial charge in [0.2, 0.25) is 0 Å². The van der Waals surface area contributed by atoms with E-state index in [1.807, 2.05) is 0 Å². The van der Waals surface area contributed by atoms with Crippen molar-refractivity contribution in [2.24, 2.45) is 0 Å². The standard InChI is InChI=1S/C14H19N3O2/c1-16-13(18)9-6-7-12(15)11(8-9)14(19)17-10-4-2-3-5-10/h6-8,10H,2-5,15H2,1H3,(H,16,18)(H,17,19). The molecule has 5 nitrogen and oxygen atoms in total. The smallest absolute Gasteiger partial charge is 0.253 e. The molecular formula is C14H19N3O2. The molecule has 19 heavy (non-hydrogen) atoms. The second kappa shape index (κ2) is 5.73. The van der Waals surface area contributed by atoms with Crippen LogP contribution in [0.2, 0.25) is 0 Å². The van der Waals surface area contributed by atoms with Gasteiger partial charge in [-0.15, -0.1) is 0 Å². The maximum atomic E-state index is 12.2. The van der Waals surface area contributed by atoms with Crippen molar-refractivity contribution in [3.05, 3.63) is 29.3 Å². The molecule has 1 aromatic rings. The zero-order valence-electron chi connectivity index (χ0n) is 11.0. The molecule has 4 N–H and O–H groups in total. The third kappa shape index (κ3) is 3.05. The van der Waals surface area contributed by atoms with Gasteiger partial charge in [0.15, 0.2) is 0 Å². The zero-order valence-corrected chi connectivity index (χ0v) is 11.0. The van der Waals surface area contributed by atoms with Crippen LogP contribution in [0.1, 0.15) is 46.4 Å². The molecule has 0 aliphatic heterocycles. The van der Waals surface area contributed by atoms with E-state index >= 15 is 0 Å². The number of anilines is 1. The van der Waals surface area contributed by atoms with Gasteiger partial charge in [-0.05, 0) is 31.0 Å². The van der Waals surface area contributed by atoms with E-state index < -0.39 is 0 Å². The average molecular weight is 261 g/mol. The Morgan fingerprint density at radius 2 is 1.89 bits per heavy atom. The van der Waals surface area contributed by atoms with E-state index in [9.17, 15) is 9.59 Å². The molecule has 1 fully saturated rings. The highest BCUT2D eigenvalue weighted by atomic mass is 16.2. The van der Waals surface area contributed by atoms with Gasteiger partial charge in [0.1, 0.15) is 0 Å². The van der Waals surface area contributed by atoms with Crippen molar-refractivity contribution in [2.75, 3.05) is 12.8 Å². The van der Waals surface area contributed by atoms with Crippen LogP contribution >= 0.6 is 0 Å². The van der Waals surface area contributed by atoms with Gasteiger partial charge >= 0.3 is 0 Å². The molecule has 0 spiro atoms. The lowest BCUT2D eigenvalue weighted by Gasteiger charge is -2.13. The lowest BCUT2D eigenvalue weighted by molar-refractivity contribution is 0.0938. The number of amides is 2. The number of nitrogens with two attached hydrogens (primary N) is 1. The van der Waals surface area contributed by atoms with Gasteiger partial charge in [-0.25, -0.2) is 0 Å². The highest BCUT2D eigenvalue weighted by Crippen LogP contribution is 2.20. The second-order valence-electron chi connectivity index (χ2n) is 4.84. The van der Waals surface area contributed by atoms with E-state index in [1.54, 1.807) is 25.2 Å². The number of nitrogens with one attached hydrogen (secondary N) is 2. The van der Waals surface area contributed by atoms with Crippen molar-refractivity contribution < 1.29 is 9.59 Å². The van der Waals surface area contributed by atoms with Crippen molar-refractivity contribution in [1.82, 2.24) is 10.6 Å². The van der Waals surface area contributed by atoms with Crippen LogP contribution in [0, 0.1) is 0 Å². The molecule has 0 aromatic heterocycles. The number of rotatable bonds is 3. The summed E-state index contributed by atoms with van der Waals surface area (Å²) in [6.45, 7) is 0. The molecule has 0 bridgehead atoms. The summed E-state index contributed by atoms with van der Waals surface area (Å²) in [5.74, 6) is -0.426. The summed E-state index contributed by atoms with van der Waals surface area (Å²) in [7, 11) is 1.55. The summed E-state index contributed by atoms with van der Waals surface area (Å²) in [5, 5.41) is 5.50. The molecule has 0 unspecified atom stereocenters. The van der Waals surface area contributed by atoms with Crippen molar-refractivity contribution in [3.8, 4) is 0 Å². The molecular weight excluding hydrogens is 242 g/mol. The average Bonchev–Trinajstić information content (AvgIpc) is 2.91. The summed E-state index contributed by atoms with van der Waals surface area (Å²) in [6, 6.07) is 4.98. The summed E-state index contributed by atoms with van der Waals surface area (Å²) in [6.07, 6.45) is 4.33. The number of benzene rings is 1. The summed E-state index contributed by atoms with van der Waals surface area (Å²) in [5.41, 5.74) is 7.01.